The lowest BCUT2D eigenvalue weighted by molar-refractivity contribution is 0.0169. The van der Waals surface area contributed by atoms with Gasteiger partial charge < -0.3 is 10.4 Å². The number of hydrogen-bond acceptors (Lipinski definition) is 5. The summed E-state index contributed by atoms with van der Waals surface area (Å²) in [6, 6.07) is 7.82. The van der Waals surface area contributed by atoms with Crippen LogP contribution in [0.15, 0.2) is 41.0 Å². The molecule has 130 valence electrons. The molecule has 0 aliphatic carbocycles. The first-order valence-electron chi connectivity index (χ1n) is 7.31. The van der Waals surface area contributed by atoms with Gasteiger partial charge in [-0.3, -0.25) is 14.7 Å². The highest BCUT2D eigenvalue weighted by atomic mass is 79.9. The van der Waals surface area contributed by atoms with Gasteiger partial charge in [0, 0.05) is 9.86 Å². The zero-order valence-electron chi connectivity index (χ0n) is 12.8. The predicted molar refractivity (Wildman–Crippen MR) is 94.0 cm³/mol. The average molecular weight is 409 g/mol. The standard InChI is InChI=1S/C16H14BrFN4O3/c17-9-1-3-14(12(18)7-9)20-15-10(16(24)22-25-6-5-23)2-4-13-11(15)8-19-21-13/h1-4,7-8,20,23H,5-6H2,(H,19,21)(H,22,24). The first-order valence-corrected chi connectivity index (χ1v) is 8.10. The van der Waals surface area contributed by atoms with Crippen molar-refractivity contribution in [1.82, 2.24) is 15.7 Å². The highest BCUT2D eigenvalue weighted by Gasteiger charge is 2.17. The predicted octanol–water partition coefficient (Wildman–Crippen LogP) is 2.86. The number of amides is 1. The normalized spacial score (nSPS) is 10.8. The number of carbonyl (C=O) groups excluding carboxylic acids is 1. The molecule has 0 spiro atoms. The van der Waals surface area contributed by atoms with Crippen molar-refractivity contribution in [1.29, 1.82) is 0 Å². The van der Waals surface area contributed by atoms with Crippen LogP contribution in [0.3, 0.4) is 0 Å². The summed E-state index contributed by atoms with van der Waals surface area (Å²) in [6.45, 7) is -0.264. The smallest absolute Gasteiger partial charge is 0.276 e. The van der Waals surface area contributed by atoms with Gasteiger partial charge in [0.1, 0.15) is 5.82 Å². The van der Waals surface area contributed by atoms with Gasteiger partial charge in [0.05, 0.1) is 41.9 Å². The Morgan fingerprint density at radius 1 is 1.36 bits per heavy atom. The summed E-state index contributed by atoms with van der Waals surface area (Å²) in [4.78, 5) is 17.2. The van der Waals surface area contributed by atoms with Crippen molar-refractivity contribution in [3.63, 3.8) is 0 Å². The minimum absolute atomic E-state index is 0.0379. The summed E-state index contributed by atoms with van der Waals surface area (Å²) in [7, 11) is 0. The number of halogens is 2. The Labute approximate surface area is 150 Å². The molecule has 0 fully saturated rings. The van der Waals surface area contributed by atoms with E-state index in [0.29, 0.717) is 21.1 Å². The number of aliphatic hydroxyl groups excluding tert-OH is 1. The molecule has 0 aliphatic heterocycles. The molecule has 1 amide bonds. The quantitative estimate of drug-likeness (QED) is 0.371. The number of rotatable bonds is 6. The molecular weight excluding hydrogens is 395 g/mol. The fraction of sp³-hybridized carbons (Fsp3) is 0.125. The van der Waals surface area contributed by atoms with E-state index in [4.69, 9.17) is 9.94 Å². The Balaban J connectivity index is 2.00. The van der Waals surface area contributed by atoms with Crippen molar-refractivity contribution in [3.05, 3.63) is 52.4 Å². The molecule has 0 radical (unpaired) electrons. The first kappa shape index (κ1) is 17.3. The number of anilines is 2. The lowest BCUT2D eigenvalue weighted by atomic mass is 10.1. The van der Waals surface area contributed by atoms with E-state index in [9.17, 15) is 9.18 Å². The van der Waals surface area contributed by atoms with E-state index >= 15 is 0 Å². The molecule has 25 heavy (non-hydrogen) atoms. The van der Waals surface area contributed by atoms with Crippen LogP contribution in [0, 0.1) is 5.82 Å². The lowest BCUT2D eigenvalue weighted by Crippen LogP contribution is -2.25. The van der Waals surface area contributed by atoms with Crippen LogP contribution in [-0.4, -0.2) is 34.4 Å². The van der Waals surface area contributed by atoms with E-state index in [1.54, 1.807) is 30.5 Å². The number of aromatic nitrogens is 2. The van der Waals surface area contributed by atoms with Gasteiger partial charge >= 0.3 is 0 Å². The molecule has 1 aromatic heterocycles. The Morgan fingerprint density at radius 3 is 2.96 bits per heavy atom. The Bertz CT molecular complexity index is 916. The number of benzene rings is 2. The number of hydroxylamine groups is 1. The molecule has 0 atom stereocenters. The fourth-order valence-corrected chi connectivity index (χ4v) is 2.62. The van der Waals surface area contributed by atoms with Gasteiger partial charge in [-0.05, 0) is 30.3 Å². The van der Waals surface area contributed by atoms with Crippen LogP contribution >= 0.6 is 15.9 Å². The Morgan fingerprint density at radius 2 is 2.20 bits per heavy atom. The number of nitrogens with one attached hydrogen (secondary N) is 3. The Hall–Kier alpha value is -2.49. The number of carbonyl (C=O) groups is 1. The minimum atomic E-state index is -0.531. The highest BCUT2D eigenvalue weighted by Crippen LogP contribution is 2.31. The molecule has 3 rings (SSSR count). The van der Waals surface area contributed by atoms with Gasteiger partial charge in [0.25, 0.3) is 5.91 Å². The summed E-state index contributed by atoms with van der Waals surface area (Å²) in [5.41, 5.74) is 3.77. The summed E-state index contributed by atoms with van der Waals surface area (Å²) < 4.78 is 14.8. The maximum absolute atomic E-state index is 14.2. The van der Waals surface area contributed by atoms with Crippen molar-refractivity contribution in [2.75, 3.05) is 18.5 Å². The van der Waals surface area contributed by atoms with E-state index in [1.165, 1.54) is 6.07 Å². The van der Waals surface area contributed by atoms with Gasteiger partial charge in [-0.2, -0.15) is 5.10 Å². The topological polar surface area (TPSA) is 99.3 Å². The summed E-state index contributed by atoms with van der Waals surface area (Å²) in [5, 5.41) is 19.0. The van der Waals surface area contributed by atoms with Gasteiger partial charge in [0.15, 0.2) is 0 Å². The molecule has 0 aliphatic rings. The maximum atomic E-state index is 14.2. The first-order chi connectivity index (χ1) is 12.1. The summed E-state index contributed by atoms with van der Waals surface area (Å²) in [5.74, 6) is -1.01. The van der Waals surface area contributed by atoms with Crippen LogP contribution in [0.2, 0.25) is 0 Å². The molecule has 4 N–H and O–H groups in total. The third-order valence-electron chi connectivity index (χ3n) is 3.42. The number of nitrogens with zero attached hydrogens (tertiary/aromatic N) is 1. The second kappa shape index (κ2) is 7.60. The maximum Gasteiger partial charge on any atom is 0.276 e. The molecule has 0 unspecified atom stereocenters. The summed E-state index contributed by atoms with van der Waals surface area (Å²) >= 11 is 3.20. The van der Waals surface area contributed by atoms with Crippen LogP contribution in [0.5, 0.6) is 0 Å². The van der Waals surface area contributed by atoms with E-state index in [2.05, 4.69) is 36.9 Å². The molecule has 0 saturated heterocycles. The van der Waals surface area contributed by atoms with Crippen LogP contribution in [0.25, 0.3) is 10.9 Å². The van der Waals surface area contributed by atoms with Crippen LogP contribution in [0.4, 0.5) is 15.8 Å². The highest BCUT2D eigenvalue weighted by molar-refractivity contribution is 9.10. The fourth-order valence-electron chi connectivity index (χ4n) is 2.28. The van der Waals surface area contributed by atoms with Crippen LogP contribution in [-0.2, 0) is 4.84 Å². The molecule has 9 heteroatoms. The van der Waals surface area contributed by atoms with Crippen molar-refractivity contribution in [3.8, 4) is 0 Å². The van der Waals surface area contributed by atoms with Gasteiger partial charge in [-0.1, -0.05) is 15.9 Å². The lowest BCUT2D eigenvalue weighted by Gasteiger charge is -2.14. The van der Waals surface area contributed by atoms with E-state index in [-0.39, 0.29) is 24.5 Å². The molecule has 2 aromatic carbocycles. The molecule has 1 heterocycles. The number of fused-ring (bicyclic) bond motifs is 1. The summed E-state index contributed by atoms with van der Waals surface area (Å²) in [6.07, 6.45) is 1.54. The number of H-pyrrole nitrogens is 1. The molecular formula is C16H14BrFN4O3. The molecule has 0 bridgehead atoms. The Kier molecular flexibility index (Phi) is 5.27. The van der Waals surface area contributed by atoms with Crippen molar-refractivity contribution in [2.24, 2.45) is 0 Å². The average Bonchev–Trinajstić information content (AvgIpc) is 3.06. The van der Waals surface area contributed by atoms with Crippen LogP contribution < -0.4 is 10.8 Å². The third kappa shape index (κ3) is 3.78. The molecule has 3 aromatic rings. The zero-order chi connectivity index (χ0) is 17.8. The number of hydrogen-bond donors (Lipinski definition) is 4. The zero-order valence-corrected chi connectivity index (χ0v) is 14.4. The third-order valence-corrected chi connectivity index (χ3v) is 3.91. The van der Waals surface area contributed by atoms with E-state index in [0.717, 1.165) is 0 Å². The van der Waals surface area contributed by atoms with E-state index < -0.39 is 11.7 Å². The largest absolute Gasteiger partial charge is 0.394 e. The van der Waals surface area contributed by atoms with Gasteiger partial charge in [0.2, 0.25) is 0 Å². The molecule has 0 saturated carbocycles. The van der Waals surface area contributed by atoms with Crippen LogP contribution in [0.1, 0.15) is 10.4 Å². The number of aliphatic hydroxyl groups is 1. The van der Waals surface area contributed by atoms with Gasteiger partial charge in [-0.15, -0.1) is 0 Å². The van der Waals surface area contributed by atoms with Gasteiger partial charge in [-0.25, -0.2) is 9.87 Å². The SMILES string of the molecule is O=C(NOCCO)c1ccc2[nH]ncc2c1Nc1ccc(Br)cc1F. The monoisotopic (exact) mass is 408 g/mol. The molecule has 7 nitrogen and oxygen atoms in total. The van der Waals surface area contributed by atoms with Crippen molar-refractivity contribution in [2.45, 2.75) is 0 Å². The van der Waals surface area contributed by atoms with Crippen molar-refractivity contribution >= 4 is 44.1 Å². The van der Waals surface area contributed by atoms with Crippen molar-refractivity contribution < 1.29 is 19.1 Å². The van der Waals surface area contributed by atoms with E-state index in [1.807, 2.05) is 0 Å². The second-order valence-corrected chi connectivity index (χ2v) is 5.99. The second-order valence-electron chi connectivity index (χ2n) is 5.07. The minimum Gasteiger partial charge on any atom is -0.394 e. The number of aromatic amines is 1.